The molecule has 0 bridgehead atoms. The Balaban J connectivity index is 2.17. The summed E-state index contributed by atoms with van der Waals surface area (Å²) in [5.41, 5.74) is 1.44. The molecule has 2 aromatic rings. The van der Waals surface area contributed by atoms with Gasteiger partial charge in [-0.1, -0.05) is 35.3 Å². The van der Waals surface area contributed by atoms with Crippen molar-refractivity contribution in [1.82, 2.24) is 0 Å². The number of carbonyl (C=O) groups is 2. The van der Waals surface area contributed by atoms with Crippen molar-refractivity contribution in [2.75, 3.05) is 5.32 Å². The lowest BCUT2D eigenvalue weighted by Gasteiger charge is -2.07. The van der Waals surface area contributed by atoms with E-state index >= 15 is 0 Å². The molecule has 0 spiro atoms. The summed E-state index contributed by atoms with van der Waals surface area (Å²) in [4.78, 5) is 22.8. The van der Waals surface area contributed by atoms with E-state index in [-0.39, 0.29) is 12.3 Å². The number of carbonyl (C=O) groups excluding carboxylic acids is 1. The number of aliphatic carboxylic acids is 1. The van der Waals surface area contributed by atoms with Crippen molar-refractivity contribution < 1.29 is 14.7 Å². The maximum absolute atomic E-state index is 12.1. The van der Waals surface area contributed by atoms with Gasteiger partial charge in [-0.25, -0.2) is 0 Å². The van der Waals surface area contributed by atoms with Crippen LogP contribution in [0.25, 0.3) is 0 Å². The molecule has 0 fully saturated rings. The van der Waals surface area contributed by atoms with Crippen molar-refractivity contribution in [3.8, 4) is 0 Å². The summed E-state index contributed by atoms with van der Waals surface area (Å²) in [6.45, 7) is 0. The summed E-state index contributed by atoms with van der Waals surface area (Å²) in [7, 11) is 0. The van der Waals surface area contributed by atoms with Crippen molar-refractivity contribution >= 4 is 40.8 Å². The number of anilines is 1. The topological polar surface area (TPSA) is 66.4 Å². The fraction of sp³-hybridized carbons (Fsp3) is 0.0667. The van der Waals surface area contributed by atoms with E-state index in [0.717, 1.165) is 0 Å². The highest BCUT2D eigenvalue weighted by Crippen LogP contribution is 2.20. The number of rotatable bonds is 4. The molecular weight excluding hydrogens is 313 g/mol. The molecule has 2 aromatic carbocycles. The summed E-state index contributed by atoms with van der Waals surface area (Å²) in [5, 5.41) is 12.2. The van der Waals surface area contributed by atoms with Gasteiger partial charge in [0, 0.05) is 21.3 Å². The average Bonchev–Trinajstić information content (AvgIpc) is 2.37. The van der Waals surface area contributed by atoms with Crippen LogP contribution in [0.2, 0.25) is 10.0 Å². The van der Waals surface area contributed by atoms with Gasteiger partial charge in [0.25, 0.3) is 5.91 Å². The quantitative estimate of drug-likeness (QED) is 0.897. The molecule has 0 saturated heterocycles. The van der Waals surface area contributed by atoms with Gasteiger partial charge >= 0.3 is 5.97 Å². The van der Waals surface area contributed by atoms with E-state index in [1.165, 1.54) is 18.2 Å². The Morgan fingerprint density at radius 1 is 1.05 bits per heavy atom. The smallest absolute Gasteiger partial charge is 0.307 e. The van der Waals surface area contributed by atoms with Gasteiger partial charge < -0.3 is 10.4 Å². The fourth-order valence-corrected chi connectivity index (χ4v) is 2.35. The molecule has 0 aromatic heterocycles. The van der Waals surface area contributed by atoms with Crippen LogP contribution in [-0.2, 0) is 11.2 Å². The van der Waals surface area contributed by atoms with Gasteiger partial charge in [0.1, 0.15) is 0 Å². The summed E-state index contributed by atoms with van der Waals surface area (Å²) >= 11 is 11.7. The summed E-state index contributed by atoms with van der Waals surface area (Å²) < 4.78 is 0. The second kappa shape index (κ2) is 6.61. The number of hydrogen-bond donors (Lipinski definition) is 2. The van der Waals surface area contributed by atoms with E-state index in [9.17, 15) is 9.59 Å². The Bertz CT molecular complexity index is 681. The minimum absolute atomic E-state index is 0.104. The zero-order chi connectivity index (χ0) is 15.4. The van der Waals surface area contributed by atoms with Crippen molar-refractivity contribution in [3.63, 3.8) is 0 Å². The molecule has 2 N–H and O–H groups in total. The minimum Gasteiger partial charge on any atom is -0.481 e. The lowest BCUT2D eigenvalue weighted by molar-refractivity contribution is -0.136. The first-order chi connectivity index (χ1) is 9.94. The van der Waals surface area contributed by atoms with E-state index in [0.29, 0.717) is 26.9 Å². The molecule has 2 rings (SSSR count). The molecule has 0 aliphatic heterocycles. The predicted octanol–water partition coefficient (Wildman–Crippen LogP) is 3.87. The Hall–Kier alpha value is -2.04. The van der Waals surface area contributed by atoms with Crippen molar-refractivity contribution in [3.05, 3.63) is 63.6 Å². The lowest BCUT2D eigenvalue weighted by atomic mass is 10.1. The van der Waals surface area contributed by atoms with Crippen LogP contribution in [0.5, 0.6) is 0 Å². The summed E-state index contributed by atoms with van der Waals surface area (Å²) in [5.74, 6) is -1.30. The number of halogens is 2. The zero-order valence-corrected chi connectivity index (χ0v) is 12.3. The highest BCUT2D eigenvalue weighted by atomic mass is 35.5. The normalized spacial score (nSPS) is 10.2. The standard InChI is InChI=1S/C15H11Cl2NO3/c16-11-6-10(7-12(17)8-11)15(21)18-13-3-1-2-9(4-13)5-14(19)20/h1-4,6-8H,5H2,(H,18,21)(H,19,20). The summed E-state index contributed by atoms with van der Waals surface area (Å²) in [6.07, 6.45) is -0.104. The third kappa shape index (κ3) is 4.48. The highest BCUT2D eigenvalue weighted by molar-refractivity contribution is 6.35. The van der Waals surface area contributed by atoms with E-state index in [1.54, 1.807) is 24.3 Å². The Morgan fingerprint density at radius 3 is 2.33 bits per heavy atom. The molecule has 108 valence electrons. The monoisotopic (exact) mass is 323 g/mol. The minimum atomic E-state index is -0.930. The average molecular weight is 324 g/mol. The number of nitrogens with one attached hydrogen (secondary N) is 1. The van der Waals surface area contributed by atoms with E-state index in [2.05, 4.69) is 5.32 Å². The molecule has 6 heteroatoms. The second-order valence-electron chi connectivity index (χ2n) is 4.38. The SMILES string of the molecule is O=C(O)Cc1cccc(NC(=O)c2cc(Cl)cc(Cl)c2)c1. The number of carboxylic acids is 1. The van der Waals surface area contributed by atoms with Crippen LogP contribution in [0, 0.1) is 0 Å². The first-order valence-corrected chi connectivity index (χ1v) is 6.78. The van der Waals surface area contributed by atoms with Crippen LogP contribution in [0.4, 0.5) is 5.69 Å². The lowest BCUT2D eigenvalue weighted by Crippen LogP contribution is -2.12. The molecular formula is C15H11Cl2NO3. The van der Waals surface area contributed by atoms with Crippen molar-refractivity contribution in [2.24, 2.45) is 0 Å². The van der Waals surface area contributed by atoms with E-state index in [4.69, 9.17) is 28.3 Å². The van der Waals surface area contributed by atoms with Gasteiger partial charge in [-0.3, -0.25) is 9.59 Å². The molecule has 0 radical (unpaired) electrons. The molecule has 0 saturated carbocycles. The third-order valence-electron chi connectivity index (χ3n) is 2.66. The van der Waals surface area contributed by atoms with Gasteiger partial charge in [-0.2, -0.15) is 0 Å². The maximum atomic E-state index is 12.1. The largest absolute Gasteiger partial charge is 0.481 e. The Kier molecular flexibility index (Phi) is 4.83. The van der Waals surface area contributed by atoms with Gasteiger partial charge in [-0.05, 0) is 35.9 Å². The molecule has 1 amide bonds. The van der Waals surface area contributed by atoms with Crippen LogP contribution in [-0.4, -0.2) is 17.0 Å². The number of benzene rings is 2. The number of carboxylic acid groups (broad SMARTS) is 1. The van der Waals surface area contributed by atoms with Crippen LogP contribution >= 0.6 is 23.2 Å². The molecule has 0 unspecified atom stereocenters. The Morgan fingerprint density at radius 2 is 1.71 bits per heavy atom. The van der Waals surface area contributed by atoms with Crippen LogP contribution < -0.4 is 5.32 Å². The third-order valence-corrected chi connectivity index (χ3v) is 3.10. The second-order valence-corrected chi connectivity index (χ2v) is 5.26. The van der Waals surface area contributed by atoms with Gasteiger partial charge in [0.05, 0.1) is 6.42 Å². The molecule has 0 aliphatic rings. The van der Waals surface area contributed by atoms with E-state index < -0.39 is 5.97 Å². The Labute approximate surface area is 131 Å². The van der Waals surface area contributed by atoms with Crippen LogP contribution in [0.1, 0.15) is 15.9 Å². The van der Waals surface area contributed by atoms with Gasteiger partial charge in [0.2, 0.25) is 0 Å². The first-order valence-electron chi connectivity index (χ1n) is 6.02. The van der Waals surface area contributed by atoms with Crippen molar-refractivity contribution in [2.45, 2.75) is 6.42 Å². The summed E-state index contributed by atoms with van der Waals surface area (Å²) in [6, 6.07) is 11.2. The number of hydrogen-bond acceptors (Lipinski definition) is 2. The predicted molar refractivity (Wildman–Crippen MR) is 82.2 cm³/mol. The zero-order valence-electron chi connectivity index (χ0n) is 10.8. The highest BCUT2D eigenvalue weighted by Gasteiger charge is 2.09. The molecule has 0 atom stereocenters. The van der Waals surface area contributed by atoms with Crippen LogP contribution in [0.3, 0.4) is 0 Å². The van der Waals surface area contributed by atoms with Gasteiger partial charge in [0.15, 0.2) is 0 Å². The molecule has 21 heavy (non-hydrogen) atoms. The van der Waals surface area contributed by atoms with Crippen molar-refractivity contribution in [1.29, 1.82) is 0 Å². The van der Waals surface area contributed by atoms with Gasteiger partial charge in [-0.15, -0.1) is 0 Å². The molecule has 0 heterocycles. The maximum Gasteiger partial charge on any atom is 0.307 e. The first kappa shape index (κ1) is 15.4. The van der Waals surface area contributed by atoms with E-state index in [1.807, 2.05) is 0 Å². The number of amides is 1. The fourth-order valence-electron chi connectivity index (χ4n) is 1.82. The van der Waals surface area contributed by atoms with Crippen LogP contribution in [0.15, 0.2) is 42.5 Å². The molecule has 0 aliphatic carbocycles. The molecule has 4 nitrogen and oxygen atoms in total.